The van der Waals surface area contributed by atoms with Crippen LogP contribution in [0.2, 0.25) is 0 Å². The van der Waals surface area contributed by atoms with E-state index in [0.717, 1.165) is 36.6 Å². The summed E-state index contributed by atoms with van der Waals surface area (Å²) in [7, 11) is 0. The Morgan fingerprint density at radius 1 is 1.45 bits per heavy atom. The molecule has 2 aromatic rings. The molecule has 1 N–H and O–H groups in total. The molecule has 3 rings (SSSR count). The Kier molecular flexibility index (Phi) is 3.84. The van der Waals surface area contributed by atoms with E-state index in [1.165, 1.54) is 17.8 Å². The van der Waals surface area contributed by atoms with Crippen LogP contribution in [0.5, 0.6) is 0 Å². The molecule has 1 atom stereocenters. The van der Waals surface area contributed by atoms with Crippen molar-refractivity contribution in [3.63, 3.8) is 0 Å². The summed E-state index contributed by atoms with van der Waals surface area (Å²) in [6.45, 7) is 1.60. The topological polar surface area (TPSA) is 64.3 Å². The molecule has 20 heavy (non-hydrogen) atoms. The summed E-state index contributed by atoms with van der Waals surface area (Å²) in [5.41, 5.74) is 0.818. The third-order valence-electron chi connectivity index (χ3n) is 3.37. The summed E-state index contributed by atoms with van der Waals surface area (Å²) in [5, 5.41) is 13.4. The summed E-state index contributed by atoms with van der Waals surface area (Å²) < 4.78 is 7.58. The molecule has 0 aromatic carbocycles. The highest BCUT2D eigenvalue weighted by atomic mass is 32.1. The van der Waals surface area contributed by atoms with Crippen molar-refractivity contribution in [2.75, 3.05) is 6.61 Å². The molecule has 1 aliphatic rings. The van der Waals surface area contributed by atoms with E-state index in [0.29, 0.717) is 4.88 Å². The third kappa shape index (κ3) is 2.91. The zero-order valence-electron chi connectivity index (χ0n) is 11.0. The van der Waals surface area contributed by atoms with Crippen LogP contribution >= 0.6 is 11.3 Å². The number of aromatic nitrogens is 2. The Labute approximate surface area is 120 Å². The standard InChI is InChI=1S/C14H16N2O3S/c17-14(18)13-5-4-12(20-13)11-6-7-16(15-11)9-10-3-1-2-8-19-10/h4-7,10H,1-3,8-9H2,(H,17,18). The van der Waals surface area contributed by atoms with Gasteiger partial charge in [0.2, 0.25) is 0 Å². The first kappa shape index (κ1) is 13.3. The van der Waals surface area contributed by atoms with Crippen molar-refractivity contribution in [1.82, 2.24) is 9.78 Å². The maximum atomic E-state index is 10.9. The van der Waals surface area contributed by atoms with E-state index in [-0.39, 0.29) is 6.10 Å². The highest BCUT2D eigenvalue weighted by Gasteiger charge is 2.16. The Balaban J connectivity index is 1.70. The number of rotatable bonds is 4. The lowest BCUT2D eigenvalue weighted by molar-refractivity contribution is 0.00403. The summed E-state index contributed by atoms with van der Waals surface area (Å²) in [4.78, 5) is 12.1. The second-order valence-corrected chi connectivity index (χ2v) is 5.96. The minimum absolute atomic E-state index is 0.245. The number of nitrogens with zero attached hydrogens (tertiary/aromatic N) is 2. The second-order valence-electron chi connectivity index (χ2n) is 4.88. The Morgan fingerprint density at radius 3 is 3.05 bits per heavy atom. The summed E-state index contributed by atoms with van der Waals surface area (Å²) in [6, 6.07) is 5.34. The average molecular weight is 292 g/mol. The molecule has 0 amide bonds. The lowest BCUT2D eigenvalue weighted by Crippen LogP contribution is -2.24. The van der Waals surface area contributed by atoms with Crippen LogP contribution in [0.4, 0.5) is 0 Å². The minimum atomic E-state index is -0.892. The van der Waals surface area contributed by atoms with Crippen molar-refractivity contribution in [3.05, 3.63) is 29.3 Å². The van der Waals surface area contributed by atoms with Gasteiger partial charge < -0.3 is 9.84 Å². The molecular weight excluding hydrogens is 276 g/mol. The smallest absolute Gasteiger partial charge is 0.345 e. The van der Waals surface area contributed by atoms with E-state index in [9.17, 15) is 4.79 Å². The zero-order valence-corrected chi connectivity index (χ0v) is 11.8. The fourth-order valence-corrected chi connectivity index (χ4v) is 3.16. The van der Waals surface area contributed by atoms with Gasteiger partial charge in [-0.05, 0) is 37.5 Å². The number of thiophene rings is 1. The molecule has 0 spiro atoms. The molecule has 0 bridgehead atoms. The van der Waals surface area contributed by atoms with Gasteiger partial charge in [-0.25, -0.2) is 4.79 Å². The van der Waals surface area contributed by atoms with Crippen LogP contribution in [0.25, 0.3) is 10.6 Å². The molecule has 5 nitrogen and oxygen atoms in total. The largest absolute Gasteiger partial charge is 0.477 e. The van der Waals surface area contributed by atoms with Crippen molar-refractivity contribution in [3.8, 4) is 10.6 Å². The fraction of sp³-hybridized carbons (Fsp3) is 0.429. The minimum Gasteiger partial charge on any atom is -0.477 e. The Bertz CT molecular complexity index is 599. The zero-order chi connectivity index (χ0) is 13.9. The Hall–Kier alpha value is -1.66. The third-order valence-corrected chi connectivity index (χ3v) is 4.47. The van der Waals surface area contributed by atoms with Gasteiger partial charge in [-0.2, -0.15) is 5.10 Å². The normalized spacial score (nSPS) is 19.1. The molecule has 2 aromatic heterocycles. The van der Waals surface area contributed by atoms with E-state index in [1.807, 2.05) is 16.9 Å². The van der Waals surface area contributed by atoms with Crippen LogP contribution in [-0.4, -0.2) is 33.6 Å². The highest BCUT2D eigenvalue weighted by molar-refractivity contribution is 7.17. The lowest BCUT2D eigenvalue weighted by atomic mass is 10.1. The van der Waals surface area contributed by atoms with Gasteiger partial charge in [-0.1, -0.05) is 0 Å². The van der Waals surface area contributed by atoms with Crippen molar-refractivity contribution < 1.29 is 14.6 Å². The van der Waals surface area contributed by atoms with Crippen LogP contribution in [0.3, 0.4) is 0 Å². The van der Waals surface area contributed by atoms with E-state index in [4.69, 9.17) is 9.84 Å². The Morgan fingerprint density at radius 2 is 2.35 bits per heavy atom. The molecule has 0 aliphatic carbocycles. The molecule has 106 valence electrons. The number of aromatic carboxylic acids is 1. The van der Waals surface area contributed by atoms with Crippen molar-refractivity contribution in [1.29, 1.82) is 0 Å². The van der Waals surface area contributed by atoms with Gasteiger partial charge in [0.1, 0.15) is 10.6 Å². The maximum absolute atomic E-state index is 10.9. The van der Waals surface area contributed by atoms with Crippen LogP contribution in [0, 0.1) is 0 Å². The van der Waals surface area contributed by atoms with Gasteiger partial charge in [0.25, 0.3) is 0 Å². The average Bonchev–Trinajstić information content (AvgIpc) is 3.08. The van der Waals surface area contributed by atoms with Crippen molar-refractivity contribution in [2.45, 2.75) is 31.9 Å². The van der Waals surface area contributed by atoms with Gasteiger partial charge in [0.15, 0.2) is 0 Å². The predicted molar refractivity (Wildman–Crippen MR) is 76.1 cm³/mol. The fourth-order valence-electron chi connectivity index (χ4n) is 2.35. The van der Waals surface area contributed by atoms with Crippen LogP contribution in [-0.2, 0) is 11.3 Å². The molecule has 1 saturated heterocycles. The molecule has 0 saturated carbocycles. The maximum Gasteiger partial charge on any atom is 0.345 e. The van der Waals surface area contributed by atoms with E-state index >= 15 is 0 Å². The lowest BCUT2D eigenvalue weighted by Gasteiger charge is -2.22. The SMILES string of the molecule is O=C(O)c1ccc(-c2ccn(CC3CCCCO3)n2)s1. The number of carboxylic acids is 1. The molecule has 0 radical (unpaired) electrons. The molecule has 3 heterocycles. The van der Waals surface area contributed by atoms with Crippen LogP contribution in [0.1, 0.15) is 28.9 Å². The first-order chi connectivity index (χ1) is 9.72. The summed E-state index contributed by atoms with van der Waals surface area (Å²) in [5.74, 6) is -0.892. The number of hydrogen-bond donors (Lipinski definition) is 1. The van der Waals surface area contributed by atoms with Gasteiger partial charge >= 0.3 is 5.97 Å². The summed E-state index contributed by atoms with van der Waals surface area (Å²) >= 11 is 1.25. The summed E-state index contributed by atoms with van der Waals surface area (Å²) in [6.07, 6.45) is 5.61. The highest BCUT2D eigenvalue weighted by Crippen LogP contribution is 2.26. The first-order valence-electron chi connectivity index (χ1n) is 6.71. The number of carbonyl (C=O) groups is 1. The monoisotopic (exact) mass is 292 g/mol. The molecular formula is C14H16N2O3S. The van der Waals surface area contributed by atoms with Gasteiger partial charge in [-0.3, -0.25) is 4.68 Å². The number of carboxylic acid groups (broad SMARTS) is 1. The predicted octanol–water partition coefficient (Wildman–Crippen LogP) is 2.88. The van der Waals surface area contributed by atoms with E-state index in [1.54, 1.807) is 12.1 Å². The van der Waals surface area contributed by atoms with Gasteiger partial charge in [-0.15, -0.1) is 11.3 Å². The van der Waals surface area contributed by atoms with Crippen LogP contribution < -0.4 is 0 Å². The first-order valence-corrected chi connectivity index (χ1v) is 7.52. The van der Waals surface area contributed by atoms with Crippen LogP contribution in [0.15, 0.2) is 24.4 Å². The molecule has 1 unspecified atom stereocenters. The molecule has 1 fully saturated rings. The quantitative estimate of drug-likeness (QED) is 0.941. The number of ether oxygens (including phenoxy) is 1. The van der Waals surface area contributed by atoms with E-state index < -0.39 is 5.97 Å². The molecule has 6 heteroatoms. The van der Waals surface area contributed by atoms with Crippen molar-refractivity contribution >= 4 is 17.3 Å². The van der Waals surface area contributed by atoms with Gasteiger partial charge in [0.05, 0.1) is 17.5 Å². The second kappa shape index (κ2) is 5.76. The van der Waals surface area contributed by atoms with Gasteiger partial charge in [0, 0.05) is 12.8 Å². The number of hydrogen-bond acceptors (Lipinski definition) is 4. The van der Waals surface area contributed by atoms with Crippen molar-refractivity contribution in [2.24, 2.45) is 0 Å². The van der Waals surface area contributed by atoms with E-state index in [2.05, 4.69) is 5.10 Å². The molecule has 1 aliphatic heterocycles.